The van der Waals surface area contributed by atoms with Gasteiger partial charge in [0.25, 0.3) is 0 Å². The molecule has 3 aromatic rings. The number of nitrogens with zero attached hydrogens (tertiary/aromatic N) is 3. The van der Waals surface area contributed by atoms with Gasteiger partial charge in [-0.25, -0.2) is 4.79 Å². The first-order valence-electron chi connectivity index (χ1n) is 13.5. The minimum atomic E-state index is -0.246. The molecule has 0 saturated carbocycles. The average molecular weight is 582 g/mol. The van der Waals surface area contributed by atoms with E-state index in [9.17, 15) is 9.59 Å². The molecular weight excluding hydrogens is 540 g/mol. The van der Waals surface area contributed by atoms with E-state index < -0.39 is 0 Å². The van der Waals surface area contributed by atoms with Gasteiger partial charge in [0, 0.05) is 41.7 Å². The number of rotatable bonds is 12. The maximum atomic E-state index is 13.6. The first-order chi connectivity index (χ1) is 18.2. The summed E-state index contributed by atoms with van der Waals surface area (Å²) in [6.45, 7) is 12.8. The number of aryl methyl sites for hydroxylation is 2. The first-order valence-corrected chi connectivity index (χ1v) is 14.2. The van der Waals surface area contributed by atoms with E-state index in [2.05, 4.69) is 71.0 Å². The minimum Gasteiger partial charge on any atom is -0.345 e. The van der Waals surface area contributed by atoms with Crippen LogP contribution in [0.3, 0.4) is 0 Å². The lowest BCUT2D eigenvalue weighted by atomic mass is 10.1. The smallest absolute Gasteiger partial charge is 0.322 e. The van der Waals surface area contributed by atoms with E-state index in [0.717, 1.165) is 40.8 Å². The van der Waals surface area contributed by atoms with Crippen LogP contribution in [0.4, 0.5) is 10.5 Å². The van der Waals surface area contributed by atoms with Crippen molar-refractivity contribution in [1.29, 1.82) is 0 Å². The van der Waals surface area contributed by atoms with Crippen LogP contribution in [0.5, 0.6) is 0 Å². The molecule has 204 valence electrons. The molecule has 0 fully saturated rings. The normalized spacial score (nSPS) is 11.0. The number of amides is 3. The predicted octanol–water partition coefficient (Wildman–Crippen LogP) is 7.23. The van der Waals surface area contributed by atoms with Gasteiger partial charge >= 0.3 is 6.03 Å². The Labute approximate surface area is 236 Å². The monoisotopic (exact) mass is 580 g/mol. The van der Waals surface area contributed by atoms with E-state index in [1.54, 1.807) is 4.90 Å². The minimum absolute atomic E-state index is 0.0364. The zero-order valence-electron chi connectivity index (χ0n) is 23.3. The molecule has 0 spiro atoms. The number of aromatic nitrogens is 1. The van der Waals surface area contributed by atoms with Gasteiger partial charge in [-0.2, -0.15) is 0 Å². The fourth-order valence-electron chi connectivity index (χ4n) is 4.32. The summed E-state index contributed by atoms with van der Waals surface area (Å²) in [6, 6.07) is 18.0. The highest BCUT2D eigenvalue weighted by atomic mass is 79.9. The summed E-state index contributed by atoms with van der Waals surface area (Å²) in [5.41, 5.74) is 5.31. The van der Waals surface area contributed by atoms with Gasteiger partial charge in [0.2, 0.25) is 5.91 Å². The van der Waals surface area contributed by atoms with Crippen LogP contribution in [0.25, 0.3) is 0 Å². The van der Waals surface area contributed by atoms with E-state index in [0.29, 0.717) is 19.6 Å². The zero-order valence-corrected chi connectivity index (χ0v) is 24.9. The second-order valence-corrected chi connectivity index (χ2v) is 11.3. The lowest BCUT2D eigenvalue weighted by Gasteiger charge is -2.29. The van der Waals surface area contributed by atoms with Crippen molar-refractivity contribution < 1.29 is 9.59 Å². The number of hydrogen-bond donors (Lipinski definition) is 1. The van der Waals surface area contributed by atoms with Crippen molar-refractivity contribution in [3.05, 3.63) is 87.7 Å². The van der Waals surface area contributed by atoms with Crippen LogP contribution in [0.2, 0.25) is 0 Å². The number of nitrogens with one attached hydrogen (secondary N) is 1. The van der Waals surface area contributed by atoms with Crippen molar-refractivity contribution in [2.45, 2.75) is 60.5 Å². The Morgan fingerprint density at radius 3 is 2.39 bits per heavy atom. The number of hydrogen-bond acceptors (Lipinski definition) is 2. The van der Waals surface area contributed by atoms with E-state index in [1.165, 1.54) is 11.1 Å². The molecule has 2 aromatic carbocycles. The Morgan fingerprint density at radius 1 is 1.00 bits per heavy atom. The summed E-state index contributed by atoms with van der Waals surface area (Å²) in [7, 11) is 0. The van der Waals surface area contributed by atoms with Crippen LogP contribution in [0.1, 0.15) is 56.0 Å². The van der Waals surface area contributed by atoms with Crippen LogP contribution in [0.15, 0.2) is 65.3 Å². The number of benzene rings is 2. The zero-order chi connectivity index (χ0) is 27.7. The summed E-state index contributed by atoms with van der Waals surface area (Å²) in [4.78, 5) is 30.4. The summed E-state index contributed by atoms with van der Waals surface area (Å²) in [6.07, 6.45) is 3.97. The lowest BCUT2D eigenvalue weighted by molar-refractivity contribution is -0.132. The van der Waals surface area contributed by atoms with Gasteiger partial charge in [-0.3, -0.25) is 4.79 Å². The fraction of sp³-hybridized carbons (Fsp3) is 0.419. The molecule has 3 amide bonds. The molecular formula is C31H41BrN4O2. The number of halogens is 1. The number of carbonyl (C=O) groups excluding carboxylic acids is 2. The van der Waals surface area contributed by atoms with Gasteiger partial charge in [0.15, 0.2) is 0 Å². The Balaban J connectivity index is 1.73. The van der Waals surface area contributed by atoms with E-state index in [-0.39, 0.29) is 24.4 Å². The maximum Gasteiger partial charge on any atom is 0.322 e. The van der Waals surface area contributed by atoms with Gasteiger partial charge in [0.1, 0.15) is 6.54 Å². The van der Waals surface area contributed by atoms with Crippen LogP contribution >= 0.6 is 15.9 Å². The molecule has 6 nitrogen and oxygen atoms in total. The van der Waals surface area contributed by atoms with Gasteiger partial charge in [-0.05, 0) is 79.3 Å². The average Bonchev–Trinajstić information content (AvgIpc) is 3.31. The highest BCUT2D eigenvalue weighted by molar-refractivity contribution is 9.10. The highest BCUT2D eigenvalue weighted by Crippen LogP contribution is 2.17. The van der Waals surface area contributed by atoms with Crippen molar-refractivity contribution in [1.82, 2.24) is 14.4 Å². The summed E-state index contributed by atoms with van der Waals surface area (Å²) >= 11 is 3.50. The van der Waals surface area contributed by atoms with Crippen LogP contribution in [0, 0.1) is 19.8 Å². The predicted molar refractivity (Wildman–Crippen MR) is 159 cm³/mol. The third kappa shape index (κ3) is 8.76. The molecule has 0 saturated heterocycles. The molecule has 0 radical (unpaired) electrons. The summed E-state index contributed by atoms with van der Waals surface area (Å²) in [5.74, 6) is 0.200. The molecule has 1 heterocycles. The Bertz CT molecular complexity index is 1200. The molecule has 0 bridgehead atoms. The summed E-state index contributed by atoms with van der Waals surface area (Å²) in [5, 5.41) is 3.00. The SMILES string of the molecule is CCCCN(Cc1cccn1Cc1ccc(Br)cc1)C(=O)CN(CC(C)C)C(=O)Nc1ccc(C)c(C)c1. The van der Waals surface area contributed by atoms with Crippen molar-refractivity contribution in [3.8, 4) is 0 Å². The van der Waals surface area contributed by atoms with Gasteiger partial charge in [-0.15, -0.1) is 0 Å². The third-order valence-electron chi connectivity index (χ3n) is 6.63. The molecule has 0 aliphatic rings. The first kappa shape index (κ1) is 29.5. The molecule has 0 aliphatic carbocycles. The number of unbranched alkanes of at least 4 members (excludes halogenated alkanes) is 1. The van der Waals surface area contributed by atoms with E-state index in [4.69, 9.17) is 0 Å². The van der Waals surface area contributed by atoms with Crippen molar-refractivity contribution in [3.63, 3.8) is 0 Å². The Kier molecular flexibility index (Phi) is 11.0. The third-order valence-corrected chi connectivity index (χ3v) is 7.16. The molecule has 7 heteroatoms. The largest absolute Gasteiger partial charge is 0.345 e. The molecule has 1 N–H and O–H groups in total. The molecule has 38 heavy (non-hydrogen) atoms. The maximum absolute atomic E-state index is 13.6. The second kappa shape index (κ2) is 14.2. The second-order valence-electron chi connectivity index (χ2n) is 10.4. The standard InChI is InChI=1S/C31H41BrN4O2/c1-6-7-16-35(21-29-9-8-17-34(29)20-26-11-13-27(32)14-12-26)30(37)22-36(19-23(2)3)31(38)33-28-15-10-24(4)25(5)18-28/h8-15,17-18,23H,6-7,16,19-22H2,1-5H3,(H,33,38). The molecule has 0 atom stereocenters. The van der Waals surface area contributed by atoms with Gasteiger partial charge in [0.05, 0.1) is 6.54 Å². The van der Waals surface area contributed by atoms with Crippen molar-refractivity contribution in [2.75, 3.05) is 25.0 Å². The summed E-state index contributed by atoms with van der Waals surface area (Å²) < 4.78 is 3.24. The molecule has 0 unspecified atom stereocenters. The Hall–Kier alpha value is -3.06. The fourth-order valence-corrected chi connectivity index (χ4v) is 4.58. The molecule has 1 aromatic heterocycles. The van der Waals surface area contributed by atoms with Crippen LogP contribution in [-0.4, -0.2) is 45.9 Å². The quantitative estimate of drug-likeness (QED) is 0.245. The number of urea groups is 1. The van der Waals surface area contributed by atoms with Crippen molar-refractivity contribution >= 4 is 33.6 Å². The van der Waals surface area contributed by atoms with E-state index >= 15 is 0 Å². The Morgan fingerprint density at radius 2 is 1.74 bits per heavy atom. The molecule has 3 rings (SSSR count). The van der Waals surface area contributed by atoms with Crippen molar-refractivity contribution in [2.24, 2.45) is 5.92 Å². The van der Waals surface area contributed by atoms with Crippen LogP contribution in [-0.2, 0) is 17.9 Å². The molecule has 0 aliphatic heterocycles. The van der Waals surface area contributed by atoms with Gasteiger partial charge in [-0.1, -0.05) is 61.3 Å². The van der Waals surface area contributed by atoms with Gasteiger partial charge < -0.3 is 19.7 Å². The topological polar surface area (TPSA) is 57.6 Å². The number of carbonyl (C=O) groups is 2. The van der Waals surface area contributed by atoms with Crippen LogP contribution < -0.4 is 5.32 Å². The number of anilines is 1. The highest BCUT2D eigenvalue weighted by Gasteiger charge is 2.23. The lowest BCUT2D eigenvalue weighted by Crippen LogP contribution is -2.46. The van der Waals surface area contributed by atoms with E-state index in [1.807, 2.05) is 55.1 Å².